The molecule has 3 N–H and O–H groups in total. The molecule has 1 saturated carbocycles. The first-order chi connectivity index (χ1) is 36.2. The molecule has 4 aliphatic heterocycles. The molecule has 5 aliphatic rings. The third kappa shape index (κ3) is 17.4. The van der Waals surface area contributed by atoms with Gasteiger partial charge in [-0.2, -0.15) is 0 Å². The zero-order chi connectivity index (χ0) is 55.7. The molecule has 4 heterocycles. The molecule has 1 aliphatic carbocycles. The molecule has 5 rings (SSSR count). The van der Waals surface area contributed by atoms with Crippen molar-refractivity contribution in [1.29, 1.82) is 0 Å². The van der Waals surface area contributed by atoms with Gasteiger partial charge in [0.05, 0.1) is 31.5 Å². The Balaban J connectivity index is 1.40. The van der Waals surface area contributed by atoms with E-state index in [9.17, 15) is 39.0 Å². The minimum absolute atomic E-state index is 0.00409. The molecule has 2 amide bonds. The quantitative estimate of drug-likeness (QED) is 0.125. The van der Waals surface area contributed by atoms with E-state index in [2.05, 4.69) is 10.2 Å². The zero-order valence-electron chi connectivity index (χ0n) is 47.1. The van der Waals surface area contributed by atoms with Crippen LogP contribution in [-0.4, -0.2) is 177 Å². The highest BCUT2D eigenvalue weighted by molar-refractivity contribution is 6.39. The van der Waals surface area contributed by atoms with Gasteiger partial charge in [-0.15, -0.1) is 0 Å². The van der Waals surface area contributed by atoms with Crippen LogP contribution < -0.4 is 5.32 Å². The van der Waals surface area contributed by atoms with Crippen molar-refractivity contribution in [3.8, 4) is 0 Å². The number of piperidine rings is 1. The van der Waals surface area contributed by atoms with Gasteiger partial charge in [-0.3, -0.25) is 24.1 Å². The predicted molar refractivity (Wildman–Crippen MR) is 285 cm³/mol. The van der Waals surface area contributed by atoms with Gasteiger partial charge >= 0.3 is 12.1 Å². The average Bonchev–Trinajstić information content (AvgIpc) is 3.40. The second kappa shape index (κ2) is 30.3. The number of alkyl carbamates (subject to hydrolysis) is 1. The molecule has 76 heavy (non-hydrogen) atoms. The van der Waals surface area contributed by atoms with Crippen molar-refractivity contribution in [2.75, 3.05) is 67.3 Å². The molecule has 1 unspecified atom stereocenters. The minimum Gasteiger partial charge on any atom is -0.460 e. The number of methoxy groups -OCH3 is 3. The lowest BCUT2D eigenvalue weighted by molar-refractivity contribution is -0.265. The van der Waals surface area contributed by atoms with Crippen LogP contribution in [0.3, 0.4) is 0 Å². The molecule has 0 radical (unpaired) electrons. The summed E-state index contributed by atoms with van der Waals surface area (Å²) in [5.41, 5.74) is 1.24. The number of aliphatic hydroxyl groups is 2. The molecule has 2 bridgehead atoms. The molecule has 18 nitrogen and oxygen atoms in total. The lowest BCUT2D eigenvalue weighted by Gasteiger charge is -2.42. The molecule has 4 fully saturated rings. The first-order valence-corrected chi connectivity index (χ1v) is 27.9. The average molecular weight is 1070 g/mol. The van der Waals surface area contributed by atoms with Crippen molar-refractivity contribution in [2.24, 2.45) is 35.5 Å². The first-order valence-electron chi connectivity index (χ1n) is 27.9. The number of hydrogen-bond acceptors (Lipinski definition) is 16. The molecule has 18 heteroatoms. The van der Waals surface area contributed by atoms with E-state index in [0.717, 1.165) is 18.7 Å². The van der Waals surface area contributed by atoms with Crippen molar-refractivity contribution in [2.45, 2.75) is 180 Å². The summed E-state index contributed by atoms with van der Waals surface area (Å²) in [7, 11) is 4.53. The van der Waals surface area contributed by atoms with Crippen LogP contribution in [-0.2, 0) is 57.1 Å². The number of carbonyl (C=O) groups excluding carboxylic acids is 6. The van der Waals surface area contributed by atoms with Crippen molar-refractivity contribution < 1.29 is 72.1 Å². The Kier molecular flexibility index (Phi) is 25.0. The summed E-state index contributed by atoms with van der Waals surface area (Å²) in [5, 5.41) is 26.4. The van der Waals surface area contributed by atoms with E-state index in [1.165, 1.54) is 12.0 Å². The van der Waals surface area contributed by atoms with Crippen LogP contribution in [0.1, 0.15) is 126 Å². The first kappa shape index (κ1) is 62.7. The smallest absolute Gasteiger partial charge is 0.407 e. The fourth-order valence-corrected chi connectivity index (χ4v) is 11.6. The van der Waals surface area contributed by atoms with E-state index < -0.39 is 102 Å². The normalized spacial score (nSPS) is 37.6. The van der Waals surface area contributed by atoms with Crippen LogP contribution in [0.5, 0.6) is 0 Å². The lowest BCUT2D eigenvalue weighted by Crippen LogP contribution is -2.61. The van der Waals surface area contributed by atoms with Crippen LogP contribution in [0.2, 0.25) is 0 Å². The fourth-order valence-electron chi connectivity index (χ4n) is 11.6. The molecule has 0 aromatic heterocycles. The summed E-state index contributed by atoms with van der Waals surface area (Å²) in [6, 6.07) is -1.17. The van der Waals surface area contributed by atoms with Gasteiger partial charge in [-0.05, 0) is 107 Å². The highest BCUT2D eigenvalue weighted by atomic mass is 16.6. The number of hydrogen-bond donors (Lipinski definition) is 3. The maximum absolute atomic E-state index is 14.6. The summed E-state index contributed by atoms with van der Waals surface area (Å²) in [4.78, 5) is 87.8. The highest BCUT2D eigenvalue weighted by Gasteiger charge is 2.53. The Bertz CT molecular complexity index is 2070. The lowest BCUT2D eigenvalue weighted by atomic mass is 9.78. The summed E-state index contributed by atoms with van der Waals surface area (Å²) in [6.45, 7) is 16.8. The number of aliphatic hydroxyl groups excluding tert-OH is 1. The largest absolute Gasteiger partial charge is 0.460 e. The van der Waals surface area contributed by atoms with Crippen molar-refractivity contribution >= 4 is 35.3 Å². The van der Waals surface area contributed by atoms with Gasteiger partial charge in [0.2, 0.25) is 5.79 Å². The number of morpholine rings is 1. The summed E-state index contributed by atoms with van der Waals surface area (Å²) < 4.78 is 41.2. The van der Waals surface area contributed by atoms with Crippen LogP contribution in [0.4, 0.5) is 4.79 Å². The SMILES string of the molecule is CO[C@H]1C[C@@H]2CC[C@@H](C)[C@@](O)(O2)C(=O)C(=O)N2CCCC[C@H]2C(=O)O[C@H](C(C)C[C@@H]2CC[C@@H](OC(=O)NCCN3CCOCC3)[C@H](OC)C2)CC(=O)[C@H](C)/C=C(\C)[C@@H](O)[C@@H](OC)C(=O)[C@H](C)C[C@H](C)/C=C/C=C/C=C/1C. The van der Waals surface area contributed by atoms with Crippen molar-refractivity contribution in [3.63, 3.8) is 0 Å². The minimum atomic E-state index is -2.45. The van der Waals surface area contributed by atoms with Gasteiger partial charge in [0, 0.05) is 84.6 Å². The Morgan fingerprint density at radius 3 is 2.29 bits per heavy atom. The number of fused-ring (bicyclic) bond motifs is 3. The van der Waals surface area contributed by atoms with Gasteiger partial charge in [0.1, 0.15) is 36.2 Å². The number of amides is 2. The second-order valence-corrected chi connectivity index (χ2v) is 22.3. The maximum Gasteiger partial charge on any atom is 0.407 e. The van der Waals surface area contributed by atoms with Crippen molar-refractivity contribution in [1.82, 2.24) is 15.1 Å². The third-order valence-corrected chi connectivity index (χ3v) is 16.5. The number of nitrogens with zero attached hydrogens (tertiary/aromatic N) is 2. The third-order valence-electron chi connectivity index (χ3n) is 16.5. The molecular weight excluding hydrogens is 979 g/mol. The van der Waals surface area contributed by atoms with Crippen LogP contribution in [0.25, 0.3) is 0 Å². The Morgan fingerprint density at radius 1 is 0.855 bits per heavy atom. The Morgan fingerprint density at radius 2 is 1.59 bits per heavy atom. The number of carbonyl (C=O) groups is 6. The molecule has 428 valence electrons. The highest BCUT2D eigenvalue weighted by Crippen LogP contribution is 2.38. The number of esters is 1. The summed E-state index contributed by atoms with van der Waals surface area (Å²) in [5.74, 6) is -8.29. The van der Waals surface area contributed by atoms with E-state index >= 15 is 0 Å². The summed E-state index contributed by atoms with van der Waals surface area (Å²) in [6.07, 6.45) is 10.3. The Hall–Kier alpha value is -4.14. The van der Waals surface area contributed by atoms with Crippen LogP contribution in [0.15, 0.2) is 47.6 Å². The van der Waals surface area contributed by atoms with Gasteiger partial charge in [0.25, 0.3) is 11.7 Å². The van der Waals surface area contributed by atoms with E-state index in [0.29, 0.717) is 96.1 Å². The van der Waals surface area contributed by atoms with Gasteiger partial charge in [-0.1, -0.05) is 71.1 Å². The number of allylic oxidation sites excluding steroid dienone is 6. The van der Waals surface area contributed by atoms with E-state index in [1.807, 2.05) is 58.1 Å². The van der Waals surface area contributed by atoms with Crippen molar-refractivity contribution in [3.05, 3.63) is 47.6 Å². The number of nitrogens with one attached hydrogen (secondary N) is 1. The predicted octanol–water partition coefficient (Wildman–Crippen LogP) is 6.25. The molecular formula is C58H91N3O15. The van der Waals surface area contributed by atoms with Gasteiger partial charge in [-0.25, -0.2) is 9.59 Å². The van der Waals surface area contributed by atoms with Crippen LogP contribution >= 0.6 is 0 Å². The number of ketones is 3. The molecule has 0 aromatic rings. The zero-order valence-corrected chi connectivity index (χ0v) is 47.1. The Labute approximate surface area is 451 Å². The number of ether oxygens (including phenoxy) is 7. The topological polar surface area (TPSA) is 226 Å². The molecule has 0 spiro atoms. The number of rotatable bonds is 10. The van der Waals surface area contributed by atoms with Gasteiger partial charge < -0.3 is 53.6 Å². The maximum atomic E-state index is 14.6. The van der Waals surface area contributed by atoms with Gasteiger partial charge in [0.15, 0.2) is 5.78 Å². The second-order valence-electron chi connectivity index (χ2n) is 22.3. The fraction of sp³-hybridized carbons (Fsp3) is 0.759. The molecule has 0 aromatic carbocycles. The molecule has 3 saturated heterocycles. The van der Waals surface area contributed by atoms with E-state index in [1.54, 1.807) is 41.1 Å². The van der Waals surface area contributed by atoms with E-state index in [4.69, 9.17) is 33.2 Å². The van der Waals surface area contributed by atoms with E-state index in [-0.39, 0.29) is 42.8 Å². The number of Topliss-reactive ketones (excluding diaryl/α,β-unsaturated/α-hetero) is 3. The molecule has 15 atom stereocenters. The van der Waals surface area contributed by atoms with Crippen LogP contribution in [0, 0.1) is 35.5 Å². The monoisotopic (exact) mass is 1070 g/mol. The standard InChI is InChI=1S/C58H91N3O15/c1-36-16-12-11-13-17-37(2)48(70-8)34-44-21-19-42(7)58(69,76-44)54(65)55(66)61-24-15-14-18-45(61)56(67)74-49(35-46(62)38(3)31-41(6)52(64)53(72-10)51(63)40(5)30-36)39(4)32-43-20-22-47(50(33-43)71-9)75-57(68)59-23-25-60-26-28-73-29-27-60/h11-13,16-17,31,36,38-40,42-45,47-50,52-53,64,69H,14-15,18-30,32-35H2,1-10H3,(H,59,68)/b13-11+,16-12+,37-17+,41-31+/t36-,38-,39?,40-,42-,43+,44+,45+,47-,48+,49+,50-,52-,53+,58-/m1/s1. The summed E-state index contributed by atoms with van der Waals surface area (Å²) >= 11 is 0. The number of cyclic esters (lactones) is 1.